The molecule has 6 heteroatoms. The molecule has 0 heterocycles. The first-order valence-corrected chi connectivity index (χ1v) is 1.28. The summed E-state index contributed by atoms with van der Waals surface area (Å²) in [6, 6.07) is 0. The van der Waals surface area contributed by atoms with Crippen LogP contribution in [0.25, 0.3) is 0 Å². The zero-order chi connectivity index (χ0) is 6.28. The lowest BCUT2D eigenvalue weighted by atomic mass is 11.1. The summed E-state index contributed by atoms with van der Waals surface area (Å²) in [5.74, 6) is -0.333. The van der Waals surface area contributed by atoms with Gasteiger partial charge in [0.05, 0.1) is 0 Å². The Kier molecular flexibility index (Phi) is 33.1. The summed E-state index contributed by atoms with van der Waals surface area (Å²) in [6.45, 7) is 0. The first-order valence-electron chi connectivity index (χ1n) is 1.28. The van der Waals surface area contributed by atoms with Gasteiger partial charge < -0.3 is 11.5 Å². The number of nitrogens with one attached hydrogen (secondary N) is 2. The van der Waals surface area contributed by atoms with Crippen molar-refractivity contribution in [2.75, 3.05) is 0 Å². The molecule has 0 saturated carbocycles. The zero-order valence-corrected chi connectivity index (χ0v) is 4.79. The molecule has 0 radical (unpaired) electrons. The first-order chi connectivity index (χ1) is 3.15. The summed E-state index contributed by atoms with van der Waals surface area (Å²) in [4.78, 5) is 8.35. The fourth-order valence-corrected chi connectivity index (χ4v) is 0. The minimum atomic E-state index is -0.333. The zero-order valence-electron chi connectivity index (χ0n) is 3.97. The Balaban J connectivity index is -0.0000000575. The third-order valence-electron chi connectivity index (χ3n) is 0. The van der Waals surface area contributed by atoms with Gasteiger partial charge in [0, 0.05) is 0 Å². The van der Waals surface area contributed by atoms with E-state index in [0.29, 0.717) is 0 Å². The van der Waals surface area contributed by atoms with E-state index in [4.69, 9.17) is 15.6 Å². The third-order valence-corrected chi connectivity index (χ3v) is 0. The van der Waals surface area contributed by atoms with Crippen LogP contribution in [0.4, 0.5) is 0 Å². The van der Waals surface area contributed by atoms with E-state index in [1.165, 1.54) is 0 Å². The van der Waals surface area contributed by atoms with E-state index in [2.05, 4.69) is 11.5 Å². The minimum Gasteiger partial charge on any atom is -0.370 e. The lowest BCUT2D eigenvalue weighted by Gasteiger charge is -1.69. The Bertz CT molecular complexity index is 82.0. The molecule has 6 N–H and O–H groups in total. The molecule has 48 valence electrons. The van der Waals surface area contributed by atoms with Crippen LogP contribution >= 0.6 is 12.4 Å². The Labute approximate surface area is 52.5 Å². The molecular weight excluding hydrogens is 132 g/mol. The Morgan fingerprint density at radius 1 is 1.50 bits per heavy atom. The van der Waals surface area contributed by atoms with Crippen LogP contribution < -0.4 is 11.5 Å². The molecule has 0 unspecified atom stereocenters. The lowest BCUT2D eigenvalue weighted by molar-refractivity contribution is 0.563. The summed E-state index contributed by atoms with van der Waals surface area (Å²) in [6.07, 6.45) is 0.750. The number of hydrogen-bond acceptors (Lipinski definition) is 3. The van der Waals surface area contributed by atoms with Crippen molar-refractivity contribution in [1.82, 2.24) is 0 Å². The topological polar surface area (TPSA) is 117 Å². The number of nitrogens with two attached hydrogens (primary N) is 2. The van der Waals surface area contributed by atoms with E-state index in [0.717, 1.165) is 6.08 Å². The van der Waals surface area contributed by atoms with Crippen molar-refractivity contribution >= 4 is 24.4 Å². The van der Waals surface area contributed by atoms with Crippen LogP contribution in [0.1, 0.15) is 0 Å². The Morgan fingerprint density at radius 2 is 1.50 bits per heavy atom. The molecule has 0 amide bonds. The molecule has 8 heavy (non-hydrogen) atoms. The predicted molar refractivity (Wildman–Crippen MR) is 31.8 cm³/mol. The molecular formula is C2H7ClN4O. The van der Waals surface area contributed by atoms with Crippen LogP contribution in [0.3, 0.4) is 0 Å². The molecule has 0 bridgehead atoms. The number of rotatable bonds is 0. The van der Waals surface area contributed by atoms with Crippen LogP contribution in [-0.4, -0.2) is 12.0 Å². The average Bonchev–Trinajstić information content (AvgIpc) is 1.33. The molecule has 0 aliphatic heterocycles. The maximum atomic E-state index is 8.35. The van der Waals surface area contributed by atoms with Gasteiger partial charge in [0.15, 0.2) is 5.96 Å². The van der Waals surface area contributed by atoms with Gasteiger partial charge in [0.2, 0.25) is 6.08 Å². The summed E-state index contributed by atoms with van der Waals surface area (Å²) in [5, 5.41) is 11.5. The maximum absolute atomic E-state index is 8.35. The second kappa shape index (κ2) is 16.8. The van der Waals surface area contributed by atoms with Gasteiger partial charge in [-0.25, -0.2) is 10.2 Å². The number of halogens is 1. The van der Waals surface area contributed by atoms with Gasteiger partial charge in [0.1, 0.15) is 0 Å². The molecule has 0 rings (SSSR count). The van der Waals surface area contributed by atoms with E-state index in [1.807, 2.05) is 0 Å². The van der Waals surface area contributed by atoms with Gasteiger partial charge in [-0.3, -0.25) is 5.41 Å². The van der Waals surface area contributed by atoms with Crippen LogP contribution in [-0.2, 0) is 4.79 Å². The average molecular weight is 139 g/mol. The highest BCUT2D eigenvalue weighted by molar-refractivity contribution is 5.85. The summed E-state index contributed by atoms with van der Waals surface area (Å²) in [5.41, 5.74) is 8.94. The molecule has 5 nitrogen and oxygen atoms in total. The molecule has 0 aromatic carbocycles. The predicted octanol–water partition coefficient (Wildman–Crippen LogP) is -0.839. The van der Waals surface area contributed by atoms with Gasteiger partial charge in [-0.15, -0.1) is 12.4 Å². The third kappa shape index (κ3) is 68.3. The molecule has 0 spiro atoms. The molecule has 0 aliphatic carbocycles. The number of guanidine groups is 1. The monoisotopic (exact) mass is 138 g/mol. The molecule has 0 aromatic heterocycles. The van der Waals surface area contributed by atoms with Crippen molar-refractivity contribution in [2.45, 2.75) is 0 Å². The van der Waals surface area contributed by atoms with Gasteiger partial charge >= 0.3 is 0 Å². The van der Waals surface area contributed by atoms with Crippen LogP contribution in [0.5, 0.6) is 0 Å². The standard InChI is InChI=1S/CH5N3.CHNO.ClH/c2-1(3)4;2-1-3;/h(H5,2,3,4);2H;1H. The fraction of sp³-hybridized carbons (Fsp3) is 0. The second-order valence-electron chi connectivity index (χ2n) is 0.557. The number of isocyanates is 1. The largest absolute Gasteiger partial charge is 0.370 e. The van der Waals surface area contributed by atoms with Gasteiger partial charge in [-0.2, -0.15) is 0 Å². The van der Waals surface area contributed by atoms with Crippen molar-refractivity contribution in [1.29, 1.82) is 10.8 Å². The second-order valence-corrected chi connectivity index (χ2v) is 0.557. The normalized spacial score (nSPS) is 4.00. The molecule has 0 fully saturated rings. The molecule has 0 aliphatic rings. The van der Waals surface area contributed by atoms with Crippen molar-refractivity contribution in [3.63, 3.8) is 0 Å². The van der Waals surface area contributed by atoms with Crippen molar-refractivity contribution in [3.8, 4) is 0 Å². The maximum Gasteiger partial charge on any atom is 0.231 e. The van der Waals surface area contributed by atoms with Crippen LogP contribution in [0, 0.1) is 10.8 Å². The van der Waals surface area contributed by atoms with Crippen molar-refractivity contribution < 1.29 is 4.79 Å². The van der Waals surface area contributed by atoms with E-state index >= 15 is 0 Å². The van der Waals surface area contributed by atoms with Gasteiger partial charge in [-0.1, -0.05) is 0 Å². The van der Waals surface area contributed by atoms with E-state index < -0.39 is 0 Å². The van der Waals surface area contributed by atoms with Gasteiger partial charge in [-0.05, 0) is 0 Å². The minimum absolute atomic E-state index is 0. The Morgan fingerprint density at radius 3 is 1.50 bits per heavy atom. The highest BCUT2D eigenvalue weighted by Crippen LogP contribution is 1.13. The summed E-state index contributed by atoms with van der Waals surface area (Å²) in [7, 11) is 0. The van der Waals surface area contributed by atoms with Crippen LogP contribution in [0.15, 0.2) is 0 Å². The summed E-state index contributed by atoms with van der Waals surface area (Å²) < 4.78 is 0. The van der Waals surface area contributed by atoms with E-state index in [1.54, 1.807) is 0 Å². The van der Waals surface area contributed by atoms with Crippen molar-refractivity contribution in [2.24, 2.45) is 11.5 Å². The lowest BCUT2D eigenvalue weighted by Crippen LogP contribution is -2.20. The Hall–Kier alpha value is -1.06. The highest BCUT2D eigenvalue weighted by Gasteiger charge is 1.52. The number of carbonyl (C=O) groups excluding carboxylic acids is 1. The molecule has 0 saturated heterocycles. The van der Waals surface area contributed by atoms with E-state index in [-0.39, 0.29) is 18.4 Å². The number of hydrogen-bond donors (Lipinski definition) is 4. The van der Waals surface area contributed by atoms with Gasteiger partial charge in [0.25, 0.3) is 0 Å². The molecule has 0 atom stereocenters. The first kappa shape index (κ1) is 15.8. The fourth-order valence-electron chi connectivity index (χ4n) is 0. The SMILES string of the molecule is Cl.N=C(N)N.N=C=O. The van der Waals surface area contributed by atoms with Crippen molar-refractivity contribution in [3.05, 3.63) is 0 Å². The smallest absolute Gasteiger partial charge is 0.231 e. The highest BCUT2D eigenvalue weighted by atomic mass is 35.5. The molecule has 0 aromatic rings. The van der Waals surface area contributed by atoms with E-state index in [9.17, 15) is 0 Å². The van der Waals surface area contributed by atoms with Crippen LogP contribution in [0.2, 0.25) is 0 Å². The quantitative estimate of drug-likeness (QED) is 0.199. The summed E-state index contributed by atoms with van der Waals surface area (Å²) >= 11 is 0.